The zero-order valence-electron chi connectivity index (χ0n) is 18.2. The molecule has 34 heavy (non-hydrogen) atoms. The molecule has 0 amide bonds. The van der Waals surface area contributed by atoms with E-state index < -0.39 is 23.8 Å². The van der Waals surface area contributed by atoms with Crippen molar-refractivity contribution in [2.24, 2.45) is 0 Å². The quantitative estimate of drug-likeness (QED) is 0.393. The van der Waals surface area contributed by atoms with Gasteiger partial charge < -0.3 is 20.5 Å². The summed E-state index contributed by atoms with van der Waals surface area (Å²) in [6.07, 6.45) is -2.28. The van der Waals surface area contributed by atoms with Crippen LogP contribution in [0.1, 0.15) is 22.3 Å². The summed E-state index contributed by atoms with van der Waals surface area (Å²) in [4.78, 5) is 11.9. The molecule has 8 heteroatoms. The second-order valence-corrected chi connectivity index (χ2v) is 7.96. The van der Waals surface area contributed by atoms with Crippen LogP contribution >= 0.6 is 0 Å². The van der Waals surface area contributed by atoms with Crippen LogP contribution in [0.15, 0.2) is 85.1 Å². The topological polar surface area (TPSA) is 85.8 Å². The van der Waals surface area contributed by atoms with E-state index in [1.807, 2.05) is 60.8 Å². The van der Waals surface area contributed by atoms with E-state index in [4.69, 9.17) is 0 Å². The monoisotopic (exact) mass is 470 g/mol. The summed E-state index contributed by atoms with van der Waals surface area (Å²) >= 11 is 0. The van der Waals surface area contributed by atoms with Gasteiger partial charge in [0.25, 0.3) is 0 Å². The Kier molecular flexibility index (Phi) is 7.75. The molecule has 178 valence electrons. The number of halogens is 3. The van der Waals surface area contributed by atoms with Crippen LogP contribution < -0.4 is 5.32 Å². The summed E-state index contributed by atoms with van der Waals surface area (Å²) in [6.45, 7) is 0.667. The first-order valence-electron chi connectivity index (χ1n) is 10.5. The molecule has 1 aromatic heterocycles. The van der Waals surface area contributed by atoms with Gasteiger partial charge in [-0.3, -0.25) is 4.79 Å². The maximum atomic E-state index is 13.0. The predicted molar refractivity (Wildman–Crippen MR) is 125 cm³/mol. The van der Waals surface area contributed by atoms with Gasteiger partial charge in [0.2, 0.25) is 0 Å². The van der Waals surface area contributed by atoms with Gasteiger partial charge in [0.1, 0.15) is 6.04 Å². The highest BCUT2D eigenvalue weighted by Crippen LogP contribution is 2.29. The maximum absolute atomic E-state index is 13.0. The fraction of sp³-hybridized carbons (Fsp3) is 0.192. The minimum atomic E-state index is -4.44. The first-order valence-corrected chi connectivity index (χ1v) is 10.5. The highest BCUT2D eigenvalue weighted by Gasteiger charge is 2.30. The molecule has 0 fully saturated rings. The number of para-hydroxylation sites is 1. The number of aromatic nitrogens is 1. The van der Waals surface area contributed by atoms with Gasteiger partial charge in [0.15, 0.2) is 0 Å². The van der Waals surface area contributed by atoms with E-state index in [2.05, 4.69) is 9.88 Å². The third-order valence-electron chi connectivity index (χ3n) is 5.60. The van der Waals surface area contributed by atoms with Crippen LogP contribution in [0.2, 0.25) is 0 Å². The number of fused-ring (bicyclic) bond motifs is 1. The average Bonchev–Trinajstić information content (AvgIpc) is 3.14. The third-order valence-corrected chi connectivity index (χ3v) is 5.60. The summed E-state index contributed by atoms with van der Waals surface area (Å²) in [5.41, 5.74) is 2.62. The Morgan fingerprint density at radius 1 is 0.941 bits per heavy atom. The zero-order valence-corrected chi connectivity index (χ0v) is 18.2. The number of rotatable bonds is 8. The number of nitrogens with one attached hydrogen (secondary N) is 1. The number of nitrogens with zero attached hydrogens (tertiary/aromatic N) is 1. The highest BCUT2D eigenvalue weighted by atomic mass is 19.4. The standard InChI is InChI=1S/C26H23F3N2O2.H2O/c27-26(28,29)21-10-6-9-19(13-21)15-30-23(25(32)33)14-20-17-31(16-18-7-2-1-3-8-18)24-12-5-4-11-22(20)24;/h1-13,17,23,30H,14-16H2,(H,32,33);1H2. The molecule has 1 heterocycles. The lowest BCUT2D eigenvalue weighted by Crippen LogP contribution is -2.38. The molecule has 0 aliphatic rings. The van der Waals surface area contributed by atoms with E-state index in [1.54, 1.807) is 6.07 Å². The Bertz CT molecular complexity index is 1250. The number of hydrogen-bond donors (Lipinski definition) is 2. The number of aliphatic carboxylic acids is 1. The second-order valence-electron chi connectivity index (χ2n) is 7.96. The maximum Gasteiger partial charge on any atom is 0.416 e. The van der Waals surface area contributed by atoms with Crippen LogP contribution in [0.3, 0.4) is 0 Å². The molecule has 0 spiro atoms. The predicted octanol–water partition coefficient (Wildman–Crippen LogP) is 4.67. The molecule has 0 radical (unpaired) electrons. The lowest BCUT2D eigenvalue weighted by atomic mass is 10.0. The number of benzene rings is 3. The molecule has 4 N–H and O–H groups in total. The number of hydrogen-bond acceptors (Lipinski definition) is 2. The number of carboxylic acids is 1. The van der Waals surface area contributed by atoms with Crippen molar-refractivity contribution >= 4 is 16.9 Å². The van der Waals surface area contributed by atoms with Crippen LogP contribution in [-0.4, -0.2) is 27.2 Å². The van der Waals surface area contributed by atoms with Crippen LogP contribution in [0.25, 0.3) is 10.9 Å². The van der Waals surface area contributed by atoms with Crippen molar-refractivity contribution in [1.29, 1.82) is 0 Å². The van der Waals surface area contributed by atoms with Gasteiger partial charge >= 0.3 is 12.1 Å². The fourth-order valence-corrected chi connectivity index (χ4v) is 3.96. The van der Waals surface area contributed by atoms with Crippen molar-refractivity contribution in [2.45, 2.75) is 31.7 Å². The van der Waals surface area contributed by atoms with Crippen molar-refractivity contribution in [3.63, 3.8) is 0 Å². The second kappa shape index (κ2) is 10.5. The zero-order chi connectivity index (χ0) is 23.4. The molecule has 0 saturated heterocycles. The molecular formula is C26H25F3N2O3. The molecule has 0 bridgehead atoms. The molecule has 1 unspecified atom stereocenters. The average molecular weight is 470 g/mol. The molecule has 4 rings (SSSR count). The van der Waals surface area contributed by atoms with Crippen molar-refractivity contribution in [3.05, 3.63) is 107 Å². The van der Waals surface area contributed by atoms with E-state index in [-0.39, 0.29) is 18.4 Å². The van der Waals surface area contributed by atoms with Gasteiger partial charge in [0, 0.05) is 36.6 Å². The van der Waals surface area contributed by atoms with Crippen molar-refractivity contribution in [2.75, 3.05) is 0 Å². The lowest BCUT2D eigenvalue weighted by Gasteiger charge is -2.15. The van der Waals surface area contributed by atoms with Gasteiger partial charge in [-0.1, -0.05) is 66.7 Å². The Morgan fingerprint density at radius 3 is 2.32 bits per heavy atom. The van der Waals surface area contributed by atoms with Gasteiger partial charge in [-0.25, -0.2) is 0 Å². The molecule has 5 nitrogen and oxygen atoms in total. The molecule has 4 aromatic rings. The number of alkyl halides is 3. The first kappa shape index (κ1) is 25.0. The van der Waals surface area contributed by atoms with Crippen LogP contribution in [0, 0.1) is 0 Å². The Balaban J connectivity index is 0.00000324. The van der Waals surface area contributed by atoms with E-state index in [0.29, 0.717) is 12.1 Å². The summed E-state index contributed by atoms with van der Waals surface area (Å²) < 4.78 is 41.0. The third kappa shape index (κ3) is 5.84. The lowest BCUT2D eigenvalue weighted by molar-refractivity contribution is -0.140. The molecule has 0 saturated carbocycles. The summed E-state index contributed by atoms with van der Waals surface area (Å²) in [7, 11) is 0. The van der Waals surface area contributed by atoms with Crippen LogP contribution in [-0.2, 0) is 30.5 Å². The normalized spacial score (nSPS) is 12.3. The van der Waals surface area contributed by atoms with E-state index in [1.165, 1.54) is 6.07 Å². The van der Waals surface area contributed by atoms with Gasteiger partial charge in [-0.05, 0) is 28.8 Å². The first-order chi connectivity index (χ1) is 15.8. The molecule has 0 aliphatic heterocycles. The van der Waals surface area contributed by atoms with Crippen molar-refractivity contribution in [3.8, 4) is 0 Å². The minimum absolute atomic E-state index is 0. The summed E-state index contributed by atoms with van der Waals surface area (Å²) in [5, 5.41) is 13.6. The highest BCUT2D eigenvalue weighted by molar-refractivity contribution is 5.85. The molecular weight excluding hydrogens is 445 g/mol. The SMILES string of the molecule is O.O=C(O)C(Cc1cn(Cc2ccccc2)c2ccccc12)NCc1cccc(C(F)(F)F)c1. The molecule has 0 aliphatic carbocycles. The largest absolute Gasteiger partial charge is 0.480 e. The summed E-state index contributed by atoms with van der Waals surface area (Å²) in [5.74, 6) is -1.05. The van der Waals surface area contributed by atoms with Gasteiger partial charge in [-0.15, -0.1) is 0 Å². The van der Waals surface area contributed by atoms with Crippen LogP contribution in [0.4, 0.5) is 13.2 Å². The molecule has 1 atom stereocenters. The smallest absolute Gasteiger partial charge is 0.416 e. The van der Waals surface area contributed by atoms with Gasteiger partial charge in [-0.2, -0.15) is 13.2 Å². The van der Waals surface area contributed by atoms with E-state index >= 15 is 0 Å². The fourth-order valence-electron chi connectivity index (χ4n) is 3.96. The van der Waals surface area contributed by atoms with Gasteiger partial charge in [0.05, 0.1) is 5.56 Å². The Morgan fingerprint density at radius 2 is 1.62 bits per heavy atom. The summed E-state index contributed by atoms with van der Waals surface area (Å²) in [6, 6.07) is 21.7. The van der Waals surface area contributed by atoms with Crippen LogP contribution in [0.5, 0.6) is 0 Å². The number of carboxylic acid groups (broad SMARTS) is 1. The minimum Gasteiger partial charge on any atom is -0.480 e. The Hall–Kier alpha value is -3.62. The van der Waals surface area contributed by atoms with E-state index in [9.17, 15) is 23.1 Å². The Labute approximate surface area is 194 Å². The number of carbonyl (C=O) groups is 1. The van der Waals surface area contributed by atoms with E-state index in [0.717, 1.165) is 34.2 Å². The van der Waals surface area contributed by atoms with Crippen molar-refractivity contribution in [1.82, 2.24) is 9.88 Å². The molecule has 3 aromatic carbocycles. The van der Waals surface area contributed by atoms with Crippen molar-refractivity contribution < 1.29 is 28.5 Å².